The van der Waals surface area contributed by atoms with Crippen molar-refractivity contribution < 1.29 is 23.0 Å². The molecule has 1 aromatic heterocycles. The van der Waals surface area contributed by atoms with Gasteiger partial charge in [0.25, 0.3) is 0 Å². The minimum atomic E-state index is -0.225. The van der Waals surface area contributed by atoms with Crippen LogP contribution in [0, 0.1) is 5.92 Å². The maximum absolute atomic E-state index is 13.0. The first-order chi connectivity index (χ1) is 16.0. The van der Waals surface area contributed by atoms with Crippen LogP contribution < -0.4 is 10.2 Å². The van der Waals surface area contributed by atoms with Crippen LogP contribution in [-0.4, -0.2) is 37.5 Å². The average molecular weight is 464 g/mol. The fraction of sp³-hybridized carbons (Fsp3) is 0.577. The summed E-state index contributed by atoms with van der Waals surface area (Å²) in [6, 6.07) is 1.41. The molecule has 0 bridgehead atoms. The first kappa shape index (κ1) is 26.9. The van der Waals surface area contributed by atoms with Gasteiger partial charge in [0.2, 0.25) is 11.2 Å². The van der Waals surface area contributed by atoms with Crippen molar-refractivity contribution in [2.24, 2.45) is 5.92 Å². The van der Waals surface area contributed by atoms with Crippen LogP contribution in [0.3, 0.4) is 0 Å². The second-order valence-corrected chi connectivity index (χ2v) is 8.33. The highest BCUT2D eigenvalue weighted by atomic mass is 19.1. The zero-order valence-electron chi connectivity index (χ0n) is 20.0. The number of rotatable bonds is 15. The topological polar surface area (TPSA) is 61.1 Å². The number of hydrogen-bond acceptors (Lipinski definition) is 6. The van der Waals surface area contributed by atoms with Gasteiger partial charge in [0.15, 0.2) is 6.29 Å². The van der Waals surface area contributed by atoms with E-state index in [1.807, 2.05) is 25.3 Å². The summed E-state index contributed by atoms with van der Waals surface area (Å²) in [5.74, 6) is 0.548. The Morgan fingerprint density at radius 1 is 1.36 bits per heavy atom. The van der Waals surface area contributed by atoms with Gasteiger partial charge in [-0.2, -0.15) is 0 Å². The fourth-order valence-electron chi connectivity index (χ4n) is 3.48. The Kier molecular flexibility index (Phi) is 12.6. The van der Waals surface area contributed by atoms with Crippen LogP contribution in [0.15, 0.2) is 58.4 Å². The van der Waals surface area contributed by atoms with Crippen molar-refractivity contribution in [2.75, 3.05) is 26.3 Å². The lowest BCUT2D eigenvalue weighted by Crippen LogP contribution is -2.22. The molecule has 1 fully saturated rings. The summed E-state index contributed by atoms with van der Waals surface area (Å²) in [5.41, 5.74) is -0.210. The minimum Gasteiger partial charge on any atom is -0.487 e. The summed E-state index contributed by atoms with van der Waals surface area (Å²) >= 11 is 0. The molecule has 0 amide bonds. The van der Waals surface area contributed by atoms with E-state index in [9.17, 15) is 9.18 Å². The van der Waals surface area contributed by atoms with Crippen LogP contribution in [0.4, 0.5) is 4.39 Å². The summed E-state index contributed by atoms with van der Waals surface area (Å²) in [4.78, 5) is 14.4. The highest BCUT2D eigenvalue weighted by Gasteiger charge is 2.15. The van der Waals surface area contributed by atoms with Crippen LogP contribution in [0.1, 0.15) is 58.1 Å². The van der Waals surface area contributed by atoms with Crippen molar-refractivity contribution in [3.05, 3.63) is 65.1 Å². The molecule has 0 aliphatic carbocycles. The molecular weight excluding hydrogens is 425 g/mol. The molecule has 0 spiro atoms. The molecule has 33 heavy (non-hydrogen) atoms. The third-order valence-electron chi connectivity index (χ3n) is 5.21. The molecule has 2 rings (SSSR count). The lowest BCUT2D eigenvalue weighted by molar-refractivity contribution is -0.171. The second kappa shape index (κ2) is 15.5. The number of allylic oxidation sites excluding steroid dienone is 3. The standard InChI is InChI=1S/C26H38FNO5/c1-4-12-28(14-11-21(2)17-22(3)27)13-7-5-8-15-30-25-20-32-23(18-24(25)29)19-33-26-10-6-9-16-31-26/h4,11,14,17-18,20-21,26H,1,5-10,12-13,15-16,19H2,2-3H3/b14-11-,22-17+. The molecule has 2 unspecified atom stereocenters. The summed E-state index contributed by atoms with van der Waals surface area (Å²) < 4.78 is 35.2. The van der Waals surface area contributed by atoms with E-state index < -0.39 is 0 Å². The molecule has 1 aliphatic heterocycles. The summed E-state index contributed by atoms with van der Waals surface area (Å²) in [6.45, 7) is 10.2. The summed E-state index contributed by atoms with van der Waals surface area (Å²) in [7, 11) is 0. The maximum atomic E-state index is 13.0. The number of halogens is 1. The van der Waals surface area contributed by atoms with Gasteiger partial charge in [0.1, 0.15) is 18.6 Å². The Morgan fingerprint density at radius 3 is 2.91 bits per heavy atom. The molecule has 0 N–H and O–H groups in total. The Bertz CT molecular complexity index is 809. The lowest BCUT2D eigenvalue weighted by atomic mass is 10.1. The van der Waals surface area contributed by atoms with E-state index in [0.717, 1.165) is 51.6 Å². The number of nitrogens with zero attached hydrogens (tertiary/aromatic N) is 1. The quantitative estimate of drug-likeness (QED) is 0.244. The van der Waals surface area contributed by atoms with Crippen molar-refractivity contribution in [1.29, 1.82) is 0 Å². The second-order valence-electron chi connectivity index (χ2n) is 8.33. The first-order valence-electron chi connectivity index (χ1n) is 11.8. The minimum absolute atomic E-state index is 0.0426. The molecule has 2 atom stereocenters. The predicted molar refractivity (Wildman–Crippen MR) is 128 cm³/mol. The van der Waals surface area contributed by atoms with Crippen LogP contribution >= 0.6 is 0 Å². The SMILES string of the molecule is C=CCN(/C=C\C(C)/C=C(\C)F)CCCCCOc1coc(COC2CCCCO2)cc1=O. The third kappa shape index (κ3) is 11.3. The van der Waals surface area contributed by atoms with Crippen molar-refractivity contribution in [2.45, 2.75) is 65.3 Å². The number of unbranched alkanes of at least 4 members (excludes halogenated alkanes) is 2. The molecule has 0 saturated carbocycles. The molecule has 184 valence electrons. The predicted octanol–water partition coefficient (Wildman–Crippen LogP) is 5.74. The number of ether oxygens (including phenoxy) is 3. The molecular formula is C26H38FNO5. The maximum Gasteiger partial charge on any atom is 0.227 e. The Labute approximate surface area is 196 Å². The van der Waals surface area contributed by atoms with E-state index in [4.69, 9.17) is 18.6 Å². The normalized spacial score (nSPS) is 17.8. The molecule has 1 saturated heterocycles. The molecule has 0 radical (unpaired) electrons. The van der Waals surface area contributed by atoms with Crippen molar-refractivity contribution in [3.8, 4) is 5.75 Å². The van der Waals surface area contributed by atoms with E-state index >= 15 is 0 Å². The zero-order valence-corrected chi connectivity index (χ0v) is 20.0. The van der Waals surface area contributed by atoms with Crippen molar-refractivity contribution in [3.63, 3.8) is 0 Å². The van der Waals surface area contributed by atoms with Gasteiger partial charge in [-0.1, -0.05) is 19.1 Å². The van der Waals surface area contributed by atoms with Gasteiger partial charge in [-0.15, -0.1) is 6.58 Å². The van der Waals surface area contributed by atoms with Gasteiger partial charge in [-0.05, 0) is 63.6 Å². The molecule has 1 aliphatic rings. The Balaban J connectivity index is 1.65. The van der Waals surface area contributed by atoms with Crippen LogP contribution in [0.2, 0.25) is 0 Å². The molecule has 6 nitrogen and oxygen atoms in total. The van der Waals surface area contributed by atoms with E-state index in [2.05, 4.69) is 11.5 Å². The summed E-state index contributed by atoms with van der Waals surface area (Å²) in [5, 5.41) is 0. The lowest BCUT2D eigenvalue weighted by Gasteiger charge is -2.22. The van der Waals surface area contributed by atoms with E-state index in [0.29, 0.717) is 19.0 Å². The van der Waals surface area contributed by atoms with E-state index in [1.165, 1.54) is 19.3 Å². The van der Waals surface area contributed by atoms with Gasteiger partial charge < -0.3 is 23.5 Å². The Hall–Kier alpha value is -2.38. The molecule has 1 aromatic rings. The molecule has 7 heteroatoms. The Morgan fingerprint density at radius 2 is 2.21 bits per heavy atom. The largest absolute Gasteiger partial charge is 0.487 e. The van der Waals surface area contributed by atoms with Crippen LogP contribution in [0.25, 0.3) is 0 Å². The van der Waals surface area contributed by atoms with Crippen molar-refractivity contribution >= 4 is 0 Å². The summed E-state index contributed by atoms with van der Waals surface area (Å²) in [6.07, 6.45) is 14.3. The monoisotopic (exact) mass is 463 g/mol. The van der Waals surface area contributed by atoms with Gasteiger partial charge in [0, 0.05) is 25.8 Å². The third-order valence-corrected chi connectivity index (χ3v) is 5.21. The van der Waals surface area contributed by atoms with Gasteiger partial charge >= 0.3 is 0 Å². The van der Waals surface area contributed by atoms with Crippen LogP contribution in [0.5, 0.6) is 5.75 Å². The smallest absolute Gasteiger partial charge is 0.227 e. The highest BCUT2D eigenvalue weighted by Crippen LogP contribution is 2.16. The van der Waals surface area contributed by atoms with Gasteiger partial charge in [-0.3, -0.25) is 4.79 Å². The van der Waals surface area contributed by atoms with Gasteiger partial charge in [-0.25, -0.2) is 4.39 Å². The average Bonchev–Trinajstić information content (AvgIpc) is 2.79. The van der Waals surface area contributed by atoms with Crippen LogP contribution in [-0.2, 0) is 16.1 Å². The zero-order chi connectivity index (χ0) is 23.9. The first-order valence-corrected chi connectivity index (χ1v) is 11.8. The van der Waals surface area contributed by atoms with Gasteiger partial charge in [0.05, 0.1) is 12.4 Å². The fourth-order valence-corrected chi connectivity index (χ4v) is 3.48. The number of hydrogen-bond donors (Lipinski definition) is 0. The van der Waals surface area contributed by atoms with Crippen molar-refractivity contribution in [1.82, 2.24) is 4.90 Å². The van der Waals surface area contributed by atoms with E-state index in [1.54, 1.807) is 6.08 Å². The molecule has 2 heterocycles. The molecule has 0 aromatic carbocycles. The van der Waals surface area contributed by atoms with E-state index in [-0.39, 0.29) is 35.8 Å². The highest BCUT2D eigenvalue weighted by molar-refractivity contribution is 5.17.